The molecule has 0 fully saturated rings. The average molecular weight is 402 g/mol. The molecule has 3 aromatic rings. The van der Waals surface area contributed by atoms with Crippen molar-refractivity contribution in [3.8, 4) is 0 Å². The molecule has 0 aromatic carbocycles. The van der Waals surface area contributed by atoms with Crippen LogP contribution in [0, 0.1) is 0 Å². The summed E-state index contributed by atoms with van der Waals surface area (Å²) >= 11 is 0. The second-order valence-electron chi connectivity index (χ2n) is 5.91. The van der Waals surface area contributed by atoms with E-state index < -0.39 is 0 Å². The van der Waals surface area contributed by atoms with Crippen LogP contribution >= 0.6 is 0 Å². The fourth-order valence-corrected chi connectivity index (χ4v) is 2.94. The zero-order valence-corrected chi connectivity index (χ0v) is 24.8. The summed E-state index contributed by atoms with van der Waals surface area (Å²) < 4.78 is 0. The smallest absolute Gasteiger partial charge is 0.0658 e. The van der Waals surface area contributed by atoms with Gasteiger partial charge in [0.25, 0.3) is 0 Å². The molecule has 0 saturated heterocycles. The number of fused-ring (bicyclic) bond motifs is 8. The predicted molar refractivity (Wildman–Crippen MR) is 122 cm³/mol. The summed E-state index contributed by atoms with van der Waals surface area (Å²) in [7, 11) is 0. The van der Waals surface area contributed by atoms with Gasteiger partial charge in [0.15, 0.2) is 0 Å². The molecule has 118 valence electrons. The van der Waals surface area contributed by atoms with Gasteiger partial charge < -0.3 is 9.97 Å². The van der Waals surface area contributed by atoms with Crippen molar-refractivity contribution in [1.82, 2.24) is 19.9 Å². The third kappa shape index (κ3) is 6.30. The van der Waals surface area contributed by atoms with E-state index in [1.165, 1.54) is 0 Å². The molecule has 0 saturated carbocycles. The van der Waals surface area contributed by atoms with Gasteiger partial charge in [0.2, 0.25) is 0 Å². The van der Waals surface area contributed by atoms with Crippen LogP contribution in [0.3, 0.4) is 0 Å². The van der Waals surface area contributed by atoms with Crippen LogP contribution in [0.15, 0.2) is 48.5 Å². The summed E-state index contributed by atoms with van der Waals surface area (Å²) in [6, 6.07) is 16.4. The third-order valence-electron chi connectivity index (χ3n) is 4.04. The van der Waals surface area contributed by atoms with Crippen LogP contribution in [0.25, 0.3) is 46.4 Å². The Labute approximate surface area is 251 Å². The van der Waals surface area contributed by atoms with Gasteiger partial charge in [-0.2, -0.15) is 0 Å². The monoisotopic (exact) mass is 402 g/mol. The van der Waals surface area contributed by atoms with Gasteiger partial charge >= 0.3 is 0 Å². The first kappa shape index (κ1) is 26.6. The maximum atomic E-state index is 4.63. The van der Waals surface area contributed by atoms with Gasteiger partial charge in [-0.1, -0.05) is 0 Å². The molecule has 0 aliphatic carbocycles. The minimum atomic E-state index is 0. The minimum Gasteiger partial charge on any atom is -0.355 e. The normalized spacial score (nSPS) is 10.9. The van der Waals surface area contributed by atoms with Crippen molar-refractivity contribution in [2.24, 2.45) is 0 Å². The molecular weight excluding hydrogens is 388 g/mol. The van der Waals surface area contributed by atoms with Crippen molar-refractivity contribution in [2.75, 3.05) is 0 Å². The SMILES string of the molecule is C1=Cc2cc3ccc(cc4nc(cc5ccc(cc1n2)[nH]5)C=C4)[nH]3.[Na].[Na].[Na].[Na]. The van der Waals surface area contributed by atoms with Crippen molar-refractivity contribution in [3.63, 3.8) is 0 Å². The Morgan fingerprint density at radius 1 is 0.429 bits per heavy atom. The predicted octanol–water partition coefficient (Wildman–Crippen LogP) is 3.13. The van der Waals surface area contributed by atoms with Crippen LogP contribution in [-0.4, -0.2) is 138 Å². The van der Waals surface area contributed by atoms with E-state index in [2.05, 4.69) is 44.2 Å². The molecule has 2 aliphatic heterocycles. The van der Waals surface area contributed by atoms with Gasteiger partial charge in [-0.3, -0.25) is 0 Å². The van der Waals surface area contributed by atoms with Gasteiger partial charge in [0, 0.05) is 140 Å². The molecule has 4 radical (unpaired) electrons. The summed E-state index contributed by atoms with van der Waals surface area (Å²) in [5.74, 6) is 0. The molecule has 0 unspecified atom stereocenters. The summed E-state index contributed by atoms with van der Waals surface area (Å²) in [6.45, 7) is 0. The summed E-state index contributed by atoms with van der Waals surface area (Å²) in [5.41, 5.74) is 7.86. The van der Waals surface area contributed by atoms with E-state index in [1.807, 2.05) is 48.6 Å². The number of H-pyrrole nitrogens is 2. The Morgan fingerprint density at radius 2 is 0.679 bits per heavy atom. The fourth-order valence-electron chi connectivity index (χ4n) is 2.94. The molecule has 5 heterocycles. The van der Waals surface area contributed by atoms with Gasteiger partial charge in [-0.05, 0) is 72.8 Å². The van der Waals surface area contributed by atoms with E-state index in [0.717, 1.165) is 44.8 Å². The molecule has 8 bridgehead atoms. The second kappa shape index (κ2) is 11.8. The van der Waals surface area contributed by atoms with Crippen LogP contribution in [-0.2, 0) is 0 Å². The summed E-state index contributed by atoms with van der Waals surface area (Å²) in [6.07, 6.45) is 8.09. The summed E-state index contributed by atoms with van der Waals surface area (Å²) in [4.78, 5) is 16.0. The Balaban J connectivity index is 0.000000980. The molecule has 0 amide bonds. The van der Waals surface area contributed by atoms with E-state index in [4.69, 9.17) is 0 Å². The molecule has 2 N–H and O–H groups in total. The summed E-state index contributed by atoms with van der Waals surface area (Å²) in [5, 5.41) is 0. The molecule has 0 atom stereocenters. The standard InChI is InChI=1S/C20H14N4.4Na/c1-2-14-10-16-5-6-18(23-16)12-20-8-7-19(24-20)11-17-4-3-15(22-17)9-13(1)21-14;;;;/h1-12,21,24H;;;;. The second-order valence-corrected chi connectivity index (χ2v) is 5.91. The van der Waals surface area contributed by atoms with Crippen LogP contribution < -0.4 is 0 Å². The van der Waals surface area contributed by atoms with E-state index in [9.17, 15) is 0 Å². The fraction of sp³-hybridized carbons (Fsp3) is 0. The number of nitrogens with one attached hydrogen (secondary N) is 2. The number of aromatic nitrogens is 4. The first-order valence-corrected chi connectivity index (χ1v) is 7.85. The Morgan fingerprint density at radius 3 is 0.929 bits per heavy atom. The number of aromatic amines is 2. The van der Waals surface area contributed by atoms with Crippen LogP contribution in [0.1, 0.15) is 22.8 Å². The van der Waals surface area contributed by atoms with Crippen molar-refractivity contribution in [2.45, 2.75) is 0 Å². The van der Waals surface area contributed by atoms with Gasteiger partial charge in [-0.25, -0.2) is 9.97 Å². The van der Waals surface area contributed by atoms with Crippen LogP contribution in [0.2, 0.25) is 0 Å². The zero-order chi connectivity index (χ0) is 15.9. The zero-order valence-electron chi connectivity index (χ0n) is 16.8. The Bertz CT molecular complexity index is 1000. The van der Waals surface area contributed by atoms with E-state index in [0.29, 0.717) is 0 Å². The van der Waals surface area contributed by atoms with Crippen LogP contribution in [0.5, 0.6) is 0 Å². The first-order valence-electron chi connectivity index (χ1n) is 7.85. The maximum absolute atomic E-state index is 4.63. The van der Waals surface area contributed by atoms with Crippen molar-refractivity contribution >= 4 is 165 Å². The molecule has 2 aliphatic rings. The number of hydrogen-bond acceptors (Lipinski definition) is 2. The van der Waals surface area contributed by atoms with Gasteiger partial charge in [0.05, 0.1) is 22.8 Å². The van der Waals surface area contributed by atoms with Crippen molar-refractivity contribution in [1.29, 1.82) is 0 Å². The Hall–Kier alpha value is 0.600. The minimum absolute atomic E-state index is 0. The topological polar surface area (TPSA) is 57.4 Å². The quantitative estimate of drug-likeness (QED) is 0.391. The van der Waals surface area contributed by atoms with Gasteiger partial charge in [-0.15, -0.1) is 0 Å². The molecule has 0 spiro atoms. The molecule has 4 nitrogen and oxygen atoms in total. The molecule has 28 heavy (non-hydrogen) atoms. The van der Waals surface area contributed by atoms with Gasteiger partial charge in [0.1, 0.15) is 0 Å². The van der Waals surface area contributed by atoms with Crippen molar-refractivity contribution in [3.05, 3.63) is 71.3 Å². The first-order chi connectivity index (χ1) is 11.8. The van der Waals surface area contributed by atoms with Crippen LogP contribution in [0.4, 0.5) is 0 Å². The molecule has 5 rings (SSSR count). The largest absolute Gasteiger partial charge is 0.355 e. The molecule has 3 aromatic heterocycles. The number of nitrogens with zero attached hydrogens (tertiary/aromatic N) is 2. The molecule has 8 heteroatoms. The number of rotatable bonds is 0. The average Bonchev–Trinajstić information content (AvgIpc) is 3.32. The van der Waals surface area contributed by atoms with E-state index >= 15 is 0 Å². The molecular formula is C20H14N4Na4. The van der Waals surface area contributed by atoms with E-state index in [1.54, 1.807) is 0 Å². The van der Waals surface area contributed by atoms with E-state index in [-0.39, 0.29) is 118 Å². The van der Waals surface area contributed by atoms with Crippen molar-refractivity contribution < 1.29 is 0 Å². The Kier molecular flexibility index (Phi) is 11.3. The number of hydrogen-bond donors (Lipinski definition) is 2. The third-order valence-corrected chi connectivity index (χ3v) is 4.04. The maximum Gasteiger partial charge on any atom is 0.0658 e.